The van der Waals surface area contributed by atoms with Gasteiger partial charge in [0.05, 0.1) is 7.11 Å². The van der Waals surface area contributed by atoms with E-state index in [1.165, 1.54) is 19.2 Å². The van der Waals surface area contributed by atoms with Gasteiger partial charge in [0.1, 0.15) is 11.6 Å². The third-order valence-corrected chi connectivity index (χ3v) is 2.38. The molecule has 1 rings (SSSR count). The average Bonchev–Trinajstić information content (AvgIpc) is 2.01. The normalized spacial score (nSPS) is 11.2. The second-order valence-electron chi connectivity index (χ2n) is 2.54. The maximum atomic E-state index is 11.1. The predicted molar refractivity (Wildman–Crippen MR) is 48.3 cm³/mol. The van der Waals surface area contributed by atoms with Gasteiger partial charge >= 0.3 is 0 Å². The highest BCUT2D eigenvalue weighted by atomic mass is 32.2. The lowest BCUT2D eigenvalue weighted by Gasteiger charge is -2.03. The van der Waals surface area contributed by atoms with Gasteiger partial charge in [-0.1, -0.05) is 0 Å². The number of rotatable bonds is 2. The lowest BCUT2D eigenvalue weighted by molar-refractivity contribution is 0.412. The first-order valence-corrected chi connectivity index (χ1v) is 5.34. The number of nitrogens with two attached hydrogens (primary N) is 1. The quantitative estimate of drug-likeness (QED) is 0.734. The second kappa shape index (κ2) is 3.21. The van der Waals surface area contributed by atoms with E-state index < -0.39 is 9.84 Å². The van der Waals surface area contributed by atoms with Crippen molar-refractivity contribution in [2.45, 2.75) is 5.03 Å². The number of ether oxygens (including phenoxy) is 1. The van der Waals surface area contributed by atoms with Crippen LogP contribution >= 0.6 is 0 Å². The van der Waals surface area contributed by atoms with Crippen molar-refractivity contribution >= 4 is 15.7 Å². The fourth-order valence-corrected chi connectivity index (χ4v) is 1.41. The number of anilines is 1. The van der Waals surface area contributed by atoms with Crippen LogP contribution in [0.15, 0.2) is 17.2 Å². The summed E-state index contributed by atoms with van der Waals surface area (Å²) in [6.07, 6.45) is 1.06. The van der Waals surface area contributed by atoms with Crippen molar-refractivity contribution in [2.75, 3.05) is 19.1 Å². The number of methoxy groups -OCH3 is 1. The lowest BCUT2D eigenvalue weighted by atomic mass is 10.4. The van der Waals surface area contributed by atoms with Crippen LogP contribution in [0.3, 0.4) is 0 Å². The Morgan fingerprint density at radius 1 is 1.46 bits per heavy atom. The monoisotopic (exact) mass is 202 g/mol. The zero-order valence-corrected chi connectivity index (χ0v) is 8.13. The van der Waals surface area contributed by atoms with Crippen molar-refractivity contribution in [3.8, 4) is 5.75 Å². The molecule has 0 bridgehead atoms. The van der Waals surface area contributed by atoms with Crippen LogP contribution in [0.2, 0.25) is 0 Å². The summed E-state index contributed by atoms with van der Waals surface area (Å²) in [6.45, 7) is 0. The van der Waals surface area contributed by atoms with E-state index in [1.807, 2.05) is 0 Å². The van der Waals surface area contributed by atoms with E-state index in [9.17, 15) is 8.42 Å². The standard InChI is InChI=1S/C7H10N2O3S/c1-12-5-3-6(8)9-7(4-5)13(2,10)11/h3-4H,1-2H3,(H2,8,9). The number of pyridine rings is 1. The number of nitrogens with zero attached hydrogens (tertiary/aromatic N) is 1. The summed E-state index contributed by atoms with van der Waals surface area (Å²) >= 11 is 0. The van der Waals surface area contributed by atoms with E-state index >= 15 is 0 Å². The van der Waals surface area contributed by atoms with E-state index in [2.05, 4.69) is 4.98 Å². The van der Waals surface area contributed by atoms with Gasteiger partial charge in [0.15, 0.2) is 14.9 Å². The van der Waals surface area contributed by atoms with Crippen LogP contribution in [0.1, 0.15) is 0 Å². The number of hydrogen-bond donors (Lipinski definition) is 1. The fourth-order valence-electron chi connectivity index (χ4n) is 0.809. The summed E-state index contributed by atoms with van der Waals surface area (Å²) < 4.78 is 27.0. The molecule has 0 fully saturated rings. The molecule has 5 nitrogen and oxygen atoms in total. The van der Waals surface area contributed by atoms with Crippen molar-refractivity contribution in [3.05, 3.63) is 12.1 Å². The second-order valence-corrected chi connectivity index (χ2v) is 4.50. The van der Waals surface area contributed by atoms with Crippen molar-refractivity contribution in [1.82, 2.24) is 4.98 Å². The highest BCUT2D eigenvalue weighted by Crippen LogP contribution is 2.17. The molecule has 72 valence electrons. The molecule has 2 N–H and O–H groups in total. The summed E-state index contributed by atoms with van der Waals surface area (Å²) in [5.41, 5.74) is 5.38. The zero-order chi connectivity index (χ0) is 10.1. The molecule has 6 heteroatoms. The Morgan fingerprint density at radius 3 is 2.54 bits per heavy atom. The maximum Gasteiger partial charge on any atom is 0.192 e. The van der Waals surface area contributed by atoms with Gasteiger partial charge in [-0.2, -0.15) is 0 Å². The van der Waals surface area contributed by atoms with Crippen molar-refractivity contribution in [2.24, 2.45) is 0 Å². The van der Waals surface area contributed by atoms with Crippen molar-refractivity contribution in [1.29, 1.82) is 0 Å². The topological polar surface area (TPSA) is 82.3 Å². The molecular formula is C7H10N2O3S. The molecule has 0 atom stereocenters. The molecule has 0 saturated carbocycles. The molecule has 0 aromatic carbocycles. The molecule has 13 heavy (non-hydrogen) atoms. The predicted octanol–water partition coefficient (Wildman–Crippen LogP) is 0.0759. The summed E-state index contributed by atoms with van der Waals surface area (Å²) in [5, 5.41) is -0.0793. The molecule has 0 radical (unpaired) electrons. The molecule has 0 aliphatic heterocycles. The molecule has 1 aromatic heterocycles. The molecule has 1 aromatic rings. The van der Waals surface area contributed by atoms with E-state index in [0.717, 1.165) is 6.26 Å². The van der Waals surface area contributed by atoms with E-state index in [4.69, 9.17) is 10.5 Å². The summed E-state index contributed by atoms with van der Waals surface area (Å²) in [4.78, 5) is 3.66. The third kappa shape index (κ3) is 2.32. The lowest BCUT2D eigenvalue weighted by Crippen LogP contribution is -2.03. The van der Waals surface area contributed by atoms with Gasteiger partial charge in [-0.15, -0.1) is 0 Å². The van der Waals surface area contributed by atoms with Crippen LogP contribution < -0.4 is 10.5 Å². The van der Waals surface area contributed by atoms with Gasteiger partial charge in [0.2, 0.25) is 0 Å². The van der Waals surface area contributed by atoms with E-state index in [1.54, 1.807) is 0 Å². The minimum Gasteiger partial charge on any atom is -0.497 e. The van der Waals surface area contributed by atoms with Crippen LogP contribution in [0.25, 0.3) is 0 Å². The molecule has 0 saturated heterocycles. The summed E-state index contributed by atoms with van der Waals surface area (Å²) in [5.74, 6) is 0.507. The van der Waals surface area contributed by atoms with E-state index in [0.29, 0.717) is 5.75 Å². The number of sulfone groups is 1. The first kappa shape index (κ1) is 9.79. The molecular weight excluding hydrogens is 192 g/mol. The summed E-state index contributed by atoms with van der Waals surface area (Å²) in [6, 6.07) is 2.78. The molecule has 0 unspecified atom stereocenters. The Kier molecular flexibility index (Phi) is 2.42. The molecule has 0 amide bonds. The number of nitrogen functional groups attached to an aromatic ring is 1. The van der Waals surface area contributed by atoms with E-state index in [-0.39, 0.29) is 10.8 Å². The number of hydrogen-bond acceptors (Lipinski definition) is 5. The number of aromatic nitrogens is 1. The van der Waals surface area contributed by atoms with Crippen molar-refractivity contribution in [3.63, 3.8) is 0 Å². The van der Waals surface area contributed by atoms with Crippen molar-refractivity contribution < 1.29 is 13.2 Å². The molecule has 1 heterocycles. The minimum absolute atomic E-state index is 0.0793. The van der Waals surface area contributed by atoms with Crippen LogP contribution in [0.5, 0.6) is 5.75 Å². The van der Waals surface area contributed by atoms with Gasteiger partial charge in [-0.25, -0.2) is 13.4 Å². The largest absolute Gasteiger partial charge is 0.497 e. The molecule has 0 spiro atoms. The SMILES string of the molecule is COc1cc(N)nc(S(C)(=O)=O)c1. The van der Waals surface area contributed by atoms with Crippen LogP contribution in [0, 0.1) is 0 Å². The van der Waals surface area contributed by atoms with Gasteiger partial charge in [0.25, 0.3) is 0 Å². The van der Waals surface area contributed by atoms with Gasteiger partial charge < -0.3 is 10.5 Å². The maximum absolute atomic E-state index is 11.1. The Labute approximate surface area is 76.5 Å². The Bertz CT molecular complexity index is 414. The Balaban J connectivity index is 3.33. The van der Waals surface area contributed by atoms with Gasteiger partial charge in [-0.3, -0.25) is 0 Å². The highest BCUT2D eigenvalue weighted by molar-refractivity contribution is 7.90. The Hall–Kier alpha value is -1.30. The summed E-state index contributed by atoms with van der Waals surface area (Å²) in [7, 11) is -1.90. The molecule has 0 aliphatic carbocycles. The third-order valence-electron chi connectivity index (χ3n) is 1.41. The average molecular weight is 202 g/mol. The molecule has 0 aliphatic rings. The van der Waals surface area contributed by atoms with Crippen LogP contribution in [-0.2, 0) is 9.84 Å². The van der Waals surface area contributed by atoms with Gasteiger partial charge in [-0.05, 0) is 0 Å². The van der Waals surface area contributed by atoms with Crippen LogP contribution in [0.4, 0.5) is 5.82 Å². The van der Waals surface area contributed by atoms with Crippen LogP contribution in [-0.4, -0.2) is 26.8 Å². The first-order valence-electron chi connectivity index (χ1n) is 3.45. The first-order chi connectivity index (χ1) is 5.93. The minimum atomic E-state index is -3.33. The Morgan fingerprint density at radius 2 is 2.08 bits per heavy atom. The smallest absolute Gasteiger partial charge is 0.192 e. The fraction of sp³-hybridized carbons (Fsp3) is 0.286. The van der Waals surface area contributed by atoms with Gasteiger partial charge in [0, 0.05) is 18.4 Å². The zero-order valence-electron chi connectivity index (χ0n) is 7.31. The highest BCUT2D eigenvalue weighted by Gasteiger charge is 2.11.